The van der Waals surface area contributed by atoms with Crippen LogP contribution in [0.15, 0.2) is 46.9 Å². The number of aliphatic hydroxyl groups is 1. The topological polar surface area (TPSA) is 37.3 Å². The Bertz CT molecular complexity index is 995. The fourth-order valence-corrected chi connectivity index (χ4v) is 10.6. The Kier molecular flexibility index (Phi) is 6.14. The lowest BCUT2D eigenvalue weighted by atomic mass is 9.47. The molecule has 2 nitrogen and oxygen atoms in total. The van der Waals surface area contributed by atoms with Crippen LogP contribution in [0.5, 0.6) is 0 Å². The SMILES string of the molecule is C=S(=O)(CC[C@@H](C)[C@H]1CC[C@H]2C3CC=C4CC(O)CCC4(C)[C@H]3CCC12C)c1ccccc1. The number of hydrogen-bond donors (Lipinski definition) is 1. The normalized spacial score (nSPS) is 42.9. The number of benzene rings is 1. The minimum Gasteiger partial charge on any atom is -0.393 e. The van der Waals surface area contributed by atoms with Gasteiger partial charge in [-0.2, -0.15) is 0 Å². The molecule has 1 N–H and O–H groups in total. The van der Waals surface area contributed by atoms with E-state index in [0.29, 0.717) is 22.5 Å². The lowest BCUT2D eigenvalue weighted by Gasteiger charge is -2.58. The fraction of sp³-hybridized carbons (Fsp3) is 0.700. The van der Waals surface area contributed by atoms with Gasteiger partial charge in [-0.25, -0.2) is 0 Å². The molecular weight excluding hydrogens is 424 g/mol. The fourth-order valence-electron chi connectivity index (χ4n) is 8.98. The monoisotopic (exact) mass is 468 g/mol. The zero-order valence-electron chi connectivity index (χ0n) is 21.0. The van der Waals surface area contributed by atoms with Crippen molar-refractivity contribution >= 4 is 15.4 Å². The molecule has 4 aliphatic rings. The van der Waals surface area contributed by atoms with Gasteiger partial charge in [0.05, 0.1) is 6.10 Å². The van der Waals surface area contributed by atoms with Gasteiger partial charge in [0.2, 0.25) is 0 Å². The van der Waals surface area contributed by atoms with Crippen molar-refractivity contribution in [3.05, 3.63) is 42.0 Å². The van der Waals surface area contributed by atoms with Crippen LogP contribution >= 0.6 is 0 Å². The Morgan fingerprint density at radius 2 is 1.85 bits per heavy atom. The van der Waals surface area contributed by atoms with Crippen LogP contribution in [0.2, 0.25) is 0 Å². The quantitative estimate of drug-likeness (QED) is 0.384. The van der Waals surface area contributed by atoms with Crippen LogP contribution in [-0.4, -0.2) is 27.0 Å². The van der Waals surface area contributed by atoms with Crippen molar-refractivity contribution in [1.82, 2.24) is 0 Å². The third kappa shape index (κ3) is 3.96. The van der Waals surface area contributed by atoms with Crippen molar-refractivity contribution in [2.75, 3.05) is 5.75 Å². The van der Waals surface area contributed by atoms with Gasteiger partial charge in [0.25, 0.3) is 0 Å². The van der Waals surface area contributed by atoms with E-state index in [1.807, 2.05) is 30.3 Å². The summed E-state index contributed by atoms with van der Waals surface area (Å²) in [5.74, 6) is 8.61. The second kappa shape index (κ2) is 8.55. The first-order valence-corrected chi connectivity index (χ1v) is 15.3. The molecule has 0 aliphatic heterocycles. The van der Waals surface area contributed by atoms with E-state index in [-0.39, 0.29) is 6.10 Å². The highest BCUT2D eigenvalue weighted by Crippen LogP contribution is 2.67. The number of aliphatic hydroxyl groups excluding tert-OH is 1. The Morgan fingerprint density at radius 3 is 2.61 bits per heavy atom. The Labute approximate surface area is 202 Å². The van der Waals surface area contributed by atoms with Gasteiger partial charge in [-0.15, -0.1) is 0 Å². The number of allylic oxidation sites excluding steroid dienone is 1. The average molecular weight is 469 g/mol. The summed E-state index contributed by atoms with van der Waals surface area (Å²) in [5.41, 5.74) is 2.31. The Hall–Kier alpha value is -1.06. The zero-order valence-corrected chi connectivity index (χ0v) is 21.8. The number of fused-ring (bicyclic) bond motifs is 5. The summed E-state index contributed by atoms with van der Waals surface area (Å²) >= 11 is 0. The lowest BCUT2D eigenvalue weighted by molar-refractivity contribution is -0.0568. The van der Waals surface area contributed by atoms with Gasteiger partial charge in [0.1, 0.15) is 0 Å². The molecule has 33 heavy (non-hydrogen) atoms. The summed E-state index contributed by atoms with van der Waals surface area (Å²) in [4.78, 5) is 0.906. The molecule has 0 saturated heterocycles. The molecule has 3 heteroatoms. The van der Waals surface area contributed by atoms with Gasteiger partial charge in [0, 0.05) is 10.6 Å². The largest absolute Gasteiger partial charge is 0.393 e. The van der Waals surface area contributed by atoms with E-state index in [1.54, 1.807) is 5.57 Å². The first kappa shape index (κ1) is 23.7. The summed E-state index contributed by atoms with van der Waals surface area (Å²) in [6.45, 7) is 7.55. The van der Waals surface area contributed by atoms with Crippen LogP contribution in [0.1, 0.15) is 78.6 Å². The second-order valence-corrected chi connectivity index (χ2v) is 15.0. The molecule has 0 spiro atoms. The maximum absolute atomic E-state index is 13.3. The molecule has 0 heterocycles. The van der Waals surface area contributed by atoms with Gasteiger partial charge in [-0.1, -0.05) is 50.6 Å². The van der Waals surface area contributed by atoms with E-state index in [9.17, 15) is 9.32 Å². The van der Waals surface area contributed by atoms with E-state index in [4.69, 9.17) is 0 Å². The summed E-state index contributed by atoms with van der Waals surface area (Å²) in [5, 5.41) is 10.3. The molecule has 0 bridgehead atoms. The van der Waals surface area contributed by atoms with Crippen LogP contribution in [0, 0.1) is 40.4 Å². The first-order chi connectivity index (χ1) is 15.6. The molecule has 9 atom stereocenters. The average Bonchev–Trinajstić information content (AvgIpc) is 3.16. The third-order valence-electron chi connectivity index (χ3n) is 10.9. The predicted molar refractivity (Wildman–Crippen MR) is 140 cm³/mol. The van der Waals surface area contributed by atoms with Gasteiger partial charge in [0.15, 0.2) is 0 Å². The molecule has 0 aromatic heterocycles. The summed E-state index contributed by atoms with van der Waals surface area (Å²) in [6, 6.07) is 9.88. The lowest BCUT2D eigenvalue weighted by Crippen LogP contribution is -2.50. The maximum atomic E-state index is 13.3. The van der Waals surface area contributed by atoms with Gasteiger partial charge in [-0.05, 0) is 126 Å². The van der Waals surface area contributed by atoms with Crippen molar-refractivity contribution in [2.45, 2.75) is 89.6 Å². The highest BCUT2D eigenvalue weighted by atomic mass is 32.2. The number of rotatable bonds is 5. The van der Waals surface area contributed by atoms with Crippen molar-refractivity contribution < 1.29 is 9.32 Å². The van der Waals surface area contributed by atoms with Crippen LogP contribution < -0.4 is 0 Å². The molecule has 0 amide bonds. The van der Waals surface area contributed by atoms with E-state index < -0.39 is 9.52 Å². The molecule has 1 aromatic rings. The molecule has 182 valence electrons. The summed E-state index contributed by atoms with van der Waals surface area (Å²) in [7, 11) is -2.21. The van der Waals surface area contributed by atoms with Crippen LogP contribution in [0.25, 0.3) is 0 Å². The third-order valence-corrected chi connectivity index (χ3v) is 12.9. The van der Waals surface area contributed by atoms with Gasteiger partial charge >= 0.3 is 0 Å². The standard InChI is InChI=1S/C30H44O2S/c1-21(16-19-33(4,32)24-8-6-5-7-9-24)26-12-13-27-25-11-10-22-20-23(31)14-17-29(22,2)28(25)15-18-30(26,27)3/h5-10,21,23,25-28,31H,4,11-20H2,1-3H3/t21-,23?,25?,26-,27+,28+,29?,30?,33?/m1/s1. The van der Waals surface area contributed by atoms with Crippen molar-refractivity contribution in [3.8, 4) is 0 Å². The van der Waals surface area contributed by atoms with E-state index in [0.717, 1.165) is 47.8 Å². The van der Waals surface area contributed by atoms with E-state index >= 15 is 0 Å². The Balaban J connectivity index is 1.30. The molecule has 1 aromatic carbocycles. The van der Waals surface area contributed by atoms with Crippen LogP contribution in [-0.2, 0) is 9.52 Å². The number of hydrogen-bond acceptors (Lipinski definition) is 2. The first-order valence-electron chi connectivity index (χ1n) is 13.4. The Morgan fingerprint density at radius 1 is 1.09 bits per heavy atom. The van der Waals surface area contributed by atoms with Crippen molar-refractivity contribution in [2.24, 2.45) is 40.4 Å². The van der Waals surface area contributed by atoms with Crippen molar-refractivity contribution in [3.63, 3.8) is 0 Å². The molecule has 0 radical (unpaired) electrons. The molecule has 4 aliphatic carbocycles. The van der Waals surface area contributed by atoms with Gasteiger partial charge in [-0.3, -0.25) is 4.21 Å². The van der Waals surface area contributed by atoms with E-state index in [1.165, 1.54) is 38.5 Å². The second-order valence-electron chi connectivity index (χ2n) is 12.5. The molecular formula is C30H44O2S. The van der Waals surface area contributed by atoms with E-state index in [2.05, 4.69) is 32.7 Å². The molecule has 5 rings (SSSR count). The highest BCUT2D eigenvalue weighted by Gasteiger charge is 2.59. The van der Waals surface area contributed by atoms with Gasteiger partial charge < -0.3 is 5.11 Å². The smallest absolute Gasteiger partial charge is 0.0577 e. The summed E-state index contributed by atoms with van der Waals surface area (Å²) < 4.78 is 13.3. The molecule has 3 saturated carbocycles. The van der Waals surface area contributed by atoms with Crippen LogP contribution in [0.4, 0.5) is 0 Å². The predicted octanol–water partition coefficient (Wildman–Crippen LogP) is 6.73. The summed E-state index contributed by atoms with van der Waals surface area (Å²) in [6.07, 6.45) is 13.1. The minimum absolute atomic E-state index is 0.120. The van der Waals surface area contributed by atoms with Crippen molar-refractivity contribution in [1.29, 1.82) is 0 Å². The minimum atomic E-state index is -2.21. The zero-order chi connectivity index (χ0) is 23.4. The molecule has 5 unspecified atom stereocenters. The maximum Gasteiger partial charge on any atom is 0.0577 e. The van der Waals surface area contributed by atoms with Crippen LogP contribution in [0.3, 0.4) is 0 Å². The highest BCUT2D eigenvalue weighted by molar-refractivity contribution is 8.00. The molecule has 3 fully saturated rings.